The van der Waals surface area contributed by atoms with Crippen LogP contribution in [0.15, 0.2) is 53.4 Å². The molecule has 1 N–H and O–H groups in total. The largest absolute Gasteiger partial charge is 0.452 e. The van der Waals surface area contributed by atoms with Gasteiger partial charge in [0.2, 0.25) is 0 Å². The second kappa shape index (κ2) is 8.44. The first-order valence-corrected chi connectivity index (χ1v) is 8.07. The number of hydrogen-bond donors (Lipinski definition) is 1. The normalized spacial score (nSPS) is 11.6. The molecule has 0 aliphatic carbocycles. The molecule has 0 unspecified atom stereocenters. The molecule has 2 aromatic carbocycles. The van der Waals surface area contributed by atoms with Crippen molar-refractivity contribution in [3.8, 4) is 0 Å². The molecule has 0 aromatic heterocycles. The molecule has 4 nitrogen and oxygen atoms in total. The van der Waals surface area contributed by atoms with Crippen molar-refractivity contribution < 1.29 is 23.1 Å². The van der Waals surface area contributed by atoms with Crippen molar-refractivity contribution in [2.45, 2.75) is 17.9 Å². The highest BCUT2D eigenvalue weighted by molar-refractivity contribution is 8.00. The van der Waals surface area contributed by atoms with Gasteiger partial charge in [-0.15, -0.1) is 11.8 Å². The average Bonchev–Trinajstić information content (AvgIpc) is 2.54. The van der Waals surface area contributed by atoms with E-state index in [2.05, 4.69) is 5.32 Å². The van der Waals surface area contributed by atoms with E-state index >= 15 is 0 Å². The molecule has 24 heavy (non-hydrogen) atoms. The van der Waals surface area contributed by atoms with Gasteiger partial charge >= 0.3 is 5.97 Å². The summed E-state index contributed by atoms with van der Waals surface area (Å²) in [6.07, 6.45) is -1.05. The molecule has 0 radical (unpaired) electrons. The minimum Gasteiger partial charge on any atom is -0.452 e. The molecule has 1 amide bonds. The van der Waals surface area contributed by atoms with E-state index in [0.717, 1.165) is 17.8 Å². The maximum absolute atomic E-state index is 13.4. The summed E-state index contributed by atoms with van der Waals surface area (Å²) < 4.78 is 31.5. The SMILES string of the molecule is C[C@@H](OC(=O)CSc1ccccc1F)C(=O)Nc1cccc(F)c1. The molecule has 2 aromatic rings. The quantitative estimate of drug-likeness (QED) is 0.638. The zero-order valence-corrected chi connectivity index (χ0v) is 13.6. The summed E-state index contributed by atoms with van der Waals surface area (Å²) in [7, 11) is 0. The van der Waals surface area contributed by atoms with Crippen LogP contribution in [0.2, 0.25) is 0 Å². The van der Waals surface area contributed by atoms with Crippen molar-refractivity contribution in [3.63, 3.8) is 0 Å². The van der Waals surface area contributed by atoms with E-state index < -0.39 is 29.6 Å². The van der Waals surface area contributed by atoms with Crippen molar-refractivity contribution in [3.05, 3.63) is 60.2 Å². The lowest BCUT2D eigenvalue weighted by Gasteiger charge is -2.13. The van der Waals surface area contributed by atoms with Crippen LogP contribution in [0.5, 0.6) is 0 Å². The van der Waals surface area contributed by atoms with Crippen LogP contribution in [0.4, 0.5) is 14.5 Å². The third kappa shape index (κ3) is 5.34. The fourth-order valence-electron chi connectivity index (χ4n) is 1.79. The van der Waals surface area contributed by atoms with Crippen LogP contribution in [-0.2, 0) is 14.3 Å². The van der Waals surface area contributed by atoms with Crippen LogP contribution in [0, 0.1) is 11.6 Å². The second-order valence-corrected chi connectivity index (χ2v) is 5.87. The van der Waals surface area contributed by atoms with E-state index in [0.29, 0.717) is 4.90 Å². The number of ether oxygens (including phenoxy) is 1. The number of hydrogen-bond acceptors (Lipinski definition) is 4. The van der Waals surface area contributed by atoms with Gasteiger partial charge < -0.3 is 10.1 Å². The first-order valence-electron chi connectivity index (χ1n) is 7.09. The van der Waals surface area contributed by atoms with Crippen molar-refractivity contribution in [2.24, 2.45) is 0 Å². The molecule has 0 saturated heterocycles. The highest BCUT2D eigenvalue weighted by atomic mass is 32.2. The Labute approximate surface area is 142 Å². The molecule has 0 aliphatic rings. The van der Waals surface area contributed by atoms with Crippen LogP contribution in [0.25, 0.3) is 0 Å². The Morgan fingerprint density at radius 3 is 2.62 bits per heavy atom. The maximum Gasteiger partial charge on any atom is 0.317 e. The van der Waals surface area contributed by atoms with Crippen LogP contribution in [0.1, 0.15) is 6.92 Å². The summed E-state index contributed by atoms with van der Waals surface area (Å²) in [6, 6.07) is 11.4. The molecular weight excluding hydrogens is 336 g/mol. The van der Waals surface area contributed by atoms with Gasteiger partial charge in [-0.05, 0) is 37.3 Å². The number of rotatable bonds is 6. The van der Waals surface area contributed by atoms with Gasteiger partial charge in [0.1, 0.15) is 11.6 Å². The number of nitrogens with one attached hydrogen (secondary N) is 1. The van der Waals surface area contributed by atoms with E-state index in [4.69, 9.17) is 4.74 Å². The van der Waals surface area contributed by atoms with Gasteiger partial charge in [0.25, 0.3) is 5.91 Å². The second-order valence-electron chi connectivity index (χ2n) is 4.85. The molecule has 126 valence electrons. The molecule has 1 atom stereocenters. The highest BCUT2D eigenvalue weighted by Gasteiger charge is 2.18. The minimum absolute atomic E-state index is 0.126. The van der Waals surface area contributed by atoms with Crippen LogP contribution >= 0.6 is 11.8 Å². The highest BCUT2D eigenvalue weighted by Crippen LogP contribution is 2.21. The van der Waals surface area contributed by atoms with E-state index in [1.54, 1.807) is 18.2 Å². The molecule has 0 heterocycles. The number of esters is 1. The molecule has 0 bridgehead atoms. The summed E-state index contributed by atoms with van der Waals surface area (Å²) in [6.45, 7) is 1.40. The maximum atomic E-state index is 13.4. The van der Waals surface area contributed by atoms with Gasteiger partial charge in [-0.3, -0.25) is 9.59 Å². The van der Waals surface area contributed by atoms with Gasteiger partial charge in [-0.1, -0.05) is 18.2 Å². The summed E-state index contributed by atoms with van der Waals surface area (Å²) >= 11 is 0.984. The lowest BCUT2D eigenvalue weighted by atomic mass is 10.3. The number of halogens is 2. The Kier molecular flexibility index (Phi) is 6.31. The predicted octanol–water partition coefficient (Wildman–Crippen LogP) is 3.63. The summed E-state index contributed by atoms with van der Waals surface area (Å²) in [5, 5.41) is 2.45. The first kappa shape index (κ1) is 17.9. The third-order valence-corrected chi connectivity index (χ3v) is 3.97. The van der Waals surface area contributed by atoms with Gasteiger partial charge in [0, 0.05) is 10.6 Å². The number of amides is 1. The average molecular weight is 351 g/mol. The Morgan fingerprint density at radius 2 is 1.92 bits per heavy atom. The lowest BCUT2D eigenvalue weighted by Crippen LogP contribution is -2.30. The zero-order valence-electron chi connectivity index (χ0n) is 12.8. The van der Waals surface area contributed by atoms with E-state index in [-0.39, 0.29) is 11.4 Å². The predicted molar refractivity (Wildman–Crippen MR) is 87.7 cm³/mol. The number of anilines is 1. The Morgan fingerprint density at radius 1 is 1.17 bits per heavy atom. The number of thioether (sulfide) groups is 1. The monoisotopic (exact) mass is 351 g/mol. The molecule has 0 spiro atoms. The number of benzene rings is 2. The topological polar surface area (TPSA) is 55.4 Å². The standard InChI is InChI=1S/C17H15F2NO3S/c1-11(17(22)20-13-6-4-5-12(18)9-13)23-16(21)10-24-15-8-3-2-7-14(15)19/h2-9,11H,10H2,1H3,(H,20,22)/t11-/m1/s1. The molecular formula is C17H15F2NO3S. The summed E-state index contributed by atoms with van der Waals surface area (Å²) in [4.78, 5) is 24.0. The Hall–Kier alpha value is -2.41. The van der Waals surface area contributed by atoms with Gasteiger partial charge in [-0.2, -0.15) is 0 Å². The Bertz CT molecular complexity index is 739. The number of carbonyl (C=O) groups excluding carboxylic acids is 2. The van der Waals surface area contributed by atoms with Crippen molar-refractivity contribution in [2.75, 3.05) is 11.1 Å². The van der Waals surface area contributed by atoms with E-state index in [1.807, 2.05) is 0 Å². The van der Waals surface area contributed by atoms with Crippen LogP contribution < -0.4 is 5.32 Å². The number of carbonyl (C=O) groups is 2. The van der Waals surface area contributed by atoms with Crippen molar-refractivity contribution in [1.82, 2.24) is 0 Å². The molecule has 2 rings (SSSR count). The van der Waals surface area contributed by atoms with E-state index in [9.17, 15) is 18.4 Å². The fourth-order valence-corrected chi connectivity index (χ4v) is 2.52. The fraction of sp³-hybridized carbons (Fsp3) is 0.176. The van der Waals surface area contributed by atoms with Gasteiger partial charge in [0.15, 0.2) is 6.10 Å². The molecule has 0 fully saturated rings. The summed E-state index contributed by atoms with van der Waals surface area (Å²) in [5.74, 6) is -2.26. The summed E-state index contributed by atoms with van der Waals surface area (Å²) in [5.41, 5.74) is 0.267. The van der Waals surface area contributed by atoms with Crippen molar-refractivity contribution >= 4 is 29.3 Å². The Balaban J connectivity index is 1.82. The van der Waals surface area contributed by atoms with Gasteiger partial charge in [0.05, 0.1) is 5.75 Å². The molecule has 0 saturated carbocycles. The van der Waals surface area contributed by atoms with Gasteiger partial charge in [-0.25, -0.2) is 8.78 Å². The molecule has 7 heteroatoms. The van der Waals surface area contributed by atoms with Crippen LogP contribution in [0.3, 0.4) is 0 Å². The minimum atomic E-state index is -1.05. The van der Waals surface area contributed by atoms with Crippen LogP contribution in [-0.4, -0.2) is 23.7 Å². The zero-order chi connectivity index (χ0) is 17.5. The van der Waals surface area contributed by atoms with Crippen molar-refractivity contribution in [1.29, 1.82) is 0 Å². The lowest BCUT2D eigenvalue weighted by molar-refractivity contribution is -0.150. The smallest absolute Gasteiger partial charge is 0.317 e. The van der Waals surface area contributed by atoms with E-state index in [1.165, 1.54) is 31.2 Å². The molecule has 0 aliphatic heterocycles. The third-order valence-electron chi connectivity index (χ3n) is 2.95. The first-order chi connectivity index (χ1) is 11.5.